The number of anilines is 2. The van der Waals surface area contributed by atoms with Gasteiger partial charge in [0, 0.05) is 23.2 Å². The molecule has 3 aromatic rings. The molecule has 8 heteroatoms. The highest BCUT2D eigenvalue weighted by molar-refractivity contribution is 7.09. The summed E-state index contributed by atoms with van der Waals surface area (Å²) >= 11 is 7.67. The molecule has 1 aromatic heterocycles. The molecule has 2 aromatic carbocycles. The summed E-state index contributed by atoms with van der Waals surface area (Å²) in [5.74, 6) is -0.555. The number of nitrogens with one attached hydrogen (secondary N) is 2. The second-order valence-corrected chi connectivity index (χ2v) is 7.81. The molecule has 0 fully saturated rings. The lowest BCUT2D eigenvalue weighted by atomic mass is 10.1. The van der Waals surface area contributed by atoms with Crippen LogP contribution in [0.2, 0.25) is 5.02 Å². The molecule has 1 atom stereocenters. The van der Waals surface area contributed by atoms with Crippen molar-refractivity contribution in [2.75, 3.05) is 17.2 Å². The Balaban J connectivity index is 1.65. The predicted octanol–water partition coefficient (Wildman–Crippen LogP) is 5.33. The molecule has 0 saturated carbocycles. The second kappa shape index (κ2) is 10.3. The molecule has 0 aliphatic carbocycles. The van der Waals surface area contributed by atoms with Crippen molar-refractivity contribution >= 4 is 46.1 Å². The van der Waals surface area contributed by atoms with Gasteiger partial charge in [0.1, 0.15) is 11.1 Å². The van der Waals surface area contributed by atoms with E-state index in [4.69, 9.17) is 16.3 Å². The lowest BCUT2D eigenvalue weighted by Crippen LogP contribution is -2.16. The number of carbonyl (C=O) groups excluding carboxylic acids is 2. The lowest BCUT2D eigenvalue weighted by molar-refractivity contribution is -0.115. The zero-order valence-electron chi connectivity index (χ0n) is 16.6. The largest absolute Gasteiger partial charge is 0.372 e. The standard InChI is InChI=1S/C22H22ClN3O3S/c1-3-29-14(2)22-25-17(13-30-22)12-20(27)26-19-11-15(9-10-18(19)23)21(28)24-16-7-5-4-6-8-16/h4-11,13-14H,3,12H2,1-2H3,(H,24,28)(H,26,27). The average molecular weight is 444 g/mol. The molecule has 0 radical (unpaired) electrons. The van der Waals surface area contributed by atoms with Crippen molar-refractivity contribution in [1.29, 1.82) is 0 Å². The van der Waals surface area contributed by atoms with Gasteiger partial charge in [-0.3, -0.25) is 9.59 Å². The van der Waals surface area contributed by atoms with E-state index in [0.717, 1.165) is 5.01 Å². The van der Waals surface area contributed by atoms with Gasteiger partial charge in [-0.2, -0.15) is 0 Å². The van der Waals surface area contributed by atoms with Crippen molar-refractivity contribution in [1.82, 2.24) is 4.98 Å². The smallest absolute Gasteiger partial charge is 0.255 e. The molecule has 0 spiro atoms. The number of halogens is 1. The van der Waals surface area contributed by atoms with E-state index < -0.39 is 0 Å². The molecule has 156 valence electrons. The average Bonchev–Trinajstić information content (AvgIpc) is 3.19. The molecule has 3 rings (SSSR count). The summed E-state index contributed by atoms with van der Waals surface area (Å²) in [5.41, 5.74) is 2.11. The fourth-order valence-electron chi connectivity index (χ4n) is 2.76. The van der Waals surface area contributed by atoms with Crippen LogP contribution in [0.15, 0.2) is 53.9 Å². The molecule has 1 unspecified atom stereocenters. The van der Waals surface area contributed by atoms with E-state index in [1.54, 1.807) is 30.3 Å². The minimum Gasteiger partial charge on any atom is -0.372 e. The molecule has 2 amide bonds. The number of aromatic nitrogens is 1. The van der Waals surface area contributed by atoms with Gasteiger partial charge >= 0.3 is 0 Å². The predicted molar refractivity (Wildman–Crippen MR) is 120 cm³/mol. The van der Waals surface area contributed by atoms with Gasteiger partial charge in [0.05, 0.1) is 22.8 Å². The summed E-state index contributed by atoms with van der Waals surface area (Å²) in [4.78, 5) is 29.4. The number of nitrogens with zero attached hydrogens (tertiary/aromatic N) is 1. The highest BCUT2D eigenvalue weighted by Crippen LogP contribution is 2.25. The number of thiazole rings is 1. The summed E-state index contributed by atoms with van der Waals surface area (Å²) in [6.45, 7) is 4.46. The Bertz CT molecular complexity index is 1020. The van der Waals surface area contributed by atoms with Crippen LogP contribution in [0.3, 0.4) is 0 Å². The van der Waals surface area contributed by atoms with Gasteiger partial charge in [0.15, 0.2) is 0 Å². The van der Waals surface area contributed by atoms with Crippen LogP contribution in [-0.4, -0.2) is 23.4 Å². The molecule has 1 heterocycles. The maximum absolute atomic E-state index is 12.5. The number of amides is 2. The molecule has 0 aliphatic rings. The van der Waals surface area contributed by atoms with Crippen LogP contribution < -0.4 is 10.6 Å². The van der Waals surface area contributed by atoms with Gasteiger partial charge in [-0.25, -0.2) is 4.98 Å². The third kappa shape index (κ3) is 5.89. The minimum atomic E-state index is -0.289. The molecule has 2 N–H and O–H groups in total. The molecule has 6 nitrogen and oxygen atoms in total. The summed E-state index contributed by atoms with van der Waals surface area (Å²) in [6, 6.07) is 13.9. The number of para-hydroxylation sites is 1. The minimum absolute atomic E-state index is 0.103. The number of hydrogen-bond donors (Lipinski definition) is 2. The Kier molecular flexibility index (Phi) is 7.57. The highest BCUT2D eigenvalue weighted by Gasteiger charge is 2.15. The third-order valence-electron chi connectivity index (χ3n) is 4.21. The van der Waals surface area contributed by atoms with Crippen LogP contribution in [0.1, 0.15) is 41.0 Å². The number of ether oxygens (including phenoxy) is 1. The Morgan fingerprint density at radius 3 is 2.67 bits per heavy atom. The molecular formula is C22H22ClN3O3S. The summed E-state index contributed by atoms with van der Waals surface area (Å²) in [5, 5.41) is 8.59. The van der Waals surface area contributed by atoms with E-state index >= 15 is 0 Å². The van der Waals surface area contributed by atoms with Crippen LogP contribution in [0.4, 0.5) is 11.4 Å². The van der Waals surface area contributed by atoms with E-state index in [1.165, 1.54) is 11.3 Å². The van der Waals surface area contributed by atoms with Crippen LogP contribution in [0.5, 0.6) is 0 Å². The van der Waals surface area contributed by atoms with Crippen LogP contribution >= 0.6 is 22.9 Å². The first-order valence-electron chi connectivity index (χ1n) is 9.48. The van der Waals surface area contributed by atoms with Crippen molar-refractivity contribution in [2.24, 2.45) is 0 Å². The number of carbonyl (C=O) groups is 2. The van der Waals surface area contributed by atoms with Gasteiger partial charge in [-0.15, -0.1) is 11.3 Å². The topological polar surface area (TPSA) is 80.3 Å². The van der Waals surface area contributed by atoms with Crippen LogP contribution in [-0.2, 0) is 16.0 Å². The fourth-order valence-corrected chi connectivity index (χ4v) is 3.75. The van der Waals surface area contributed by atoms with Crippen molar-refractivity contribution < 1.29 is 14.3 Å². The first-order chi connectivity index (χ1) is 14.5. The van der Waals surface area contributed by atoms with Crippen molar-refractivity contribution in [3.8, 4) is 0 Å². The first kappa shape index (κ1) is 22.0. The molecular weight excluding hydrogens is 422 g/mol. The van der Waals surface area contributed by atoms with Gasteiger partial charge in [0.2, 0.25) is 5.91 Å². The van der Waals surface area contributed by atoms with Crippen molar-refractivity contribution in [2.45, 2.75) is 26.4 Å². The van der Waals surface area contributed by atoms with Gasteiger partial charge in [-0.05, 0) is 44.2 Å². The van der Waals surface area contributed by atoms with E-state index in [1.807, 2.05) is 37.4 Å². The quantitative estimate of drug-likeness (QED) is 0.493. The van der Waals surface area contributed by atoms with Crippen LogP contribution in [0, 0.1) is 0 Å². The summed E-state index contributed by atoms with van der Waals surface area (Å²) in [7, 11) is 0. The molecule has 0 saturated heterocycles. The second-order valence-electron chi connectivity index (χ2n) is 6.51. The molecule has 0 aliphatic heterocycles. The monoisotopic (exact) mass is 443 g/mol. The number of hydrogen-bond acceptors (Lipinski definition) is 5. The summed E-state index contributed by atoms with van der Waals surface area (Å²) in [6.07, 6.45) is -0.00221. The highest BCUT2D eigenvalue weighted by atomic mass is 35.5. The maximum Gasteiger partial charge on any atom is 0.255 e. The molecule has 0 bridgehead atoms. The number of benzene rings is 2. The Morgan fingerprint density at radius 2 is 1.93 bits per heavy atom. The third-order valence-corrected chi connectivity index (χ3v) is 5.59. The fraction of sp³-hybridized carbons (Fsp3) is 0.227. The van der Waals surface area contributed by atoms with Crippen molar-refractivity contribution in [3.05, 3.63) is 75.2 Å². The van der Waals surface area contributed by atoms with E-state index in [2.05, 4.69) is 15.6 Å². The lowest BCUT2D eigenvalue weighted by Gasteiger charge is -2.10. The van der Waals surface area contributed by atoms with Crippen LogP contribution in [0.25, 0.3) is 0 Å². The van der Waals surface area contributed by atoms with E-state index in [0.29, 0.717) is 34.3 Å². The Labute approximate surface area is 184 Å². The first-order valence-corrected chi connectivity index (χ1v) is 10.7. The Hall–Kier alpha value is -2.74. The normalized spacial score (nSPS) is 11.7. The summed E-state index contributed by atoms with van der Waals surface area (Å²) < 4.78 is 5.53. The van der Waals surface area contributed by atoms with Gasteiger partial charge in [-0.1, -0.05) is 29.8 Å². The maximum atomic E-state index is 12.5. The van der Waals surface area contributed by atoms with Gasteiger partial charge in [0.25, 0.3) is 5.91 Å². The zero-order valence-corrected chi connectivity index (χ0v) is 18.2. The van der Waals surface area contributed by atoms with Gasteiger partial charge < -0.3 is 15.4 Å². The Morgan fingerprint density at radius 1 is 1.17 bits per heavy atom. The molecule has 30 heavy (non-hydrogen) atoms. The number of rotatable bonds is 8. The van der Waals surface area contributed by atoms with E-state index in [9.17, 15) is 9.59 Å². The van der Waals surface area contributed by atoms with Crippen molar-refractivity contribution in [3.63, 3.8) is 0 Å². The SMILES string of the molecule is CCOC(C)c1nc(CC(=O)Nc2cc(C(=O)Nc3ccccc3)ccc2Cl)cs1. The van der Waals surface area contributed by atoms with E-state index in [-0.39, 0.29) is 24.3 Å². The zero-order chi connectivity index (χ0) is 21.5.